The van der Waals surface area contributed by atoms with E-state index >= 15 is 0 Å². The van der Waals surface area contributed by atoms with Crippen LogP contribution in [-0.4, -0.2) is 12.0 Å². The molecule has 0 aliphatic heterocycles. The predicted octanol–water partition coefficient (Wildman–Crippen LogP) is 4.30. The molecule has 0 unspecified atom stereocenters. The molecule has 5 nitrogen and oxygen atoms in total. The van der Waals surface area contributed by atoms with Crippen LogP contribution in [0.2, 0.25) is 5.02 Å². The first-order chi connectivity index (χ1) is 12.3. The molecule has 0 radical (unpaired) electrons. The Morgan fingerprint density at radius 3 is 2.73 bits per heavy atom. The lowest BCUT2D eigenvalue weighted by atomic mass is 10.1. The largest absolute Gasteiger partial charge is 0.481 e. The molecular weight excluding hydrogens is 361 g/mol. The van der Waals surface area contributed by atoms with Gasteiger partial charge in [0.1, 0.15) is 17.1 Å². The van der Waals surface area contributed by atoms with Crippen LogP contribution in [0.15, 0.2) is 51.7 Å². The molecule has 0 fully saturated rings. The molecule has 134 valence electrons. The quantitative estimate of drug-likeness (QED) is 0.690. The van der Waals surface area contributed by atoms with Crippen molar-refractivity contribution >= 4 is 34.2 Å². The number of hydrogen-bond acceptors (Lipinski definition) is 4. The first kappa shape index (κ1) is 17.9. The third-order valence-electron chi connectivity index (χ3n) is 3.79. The summed E-state index contributed by atoms with van der Waals surface area (Å²) >= 11 is 5.90. The van der Waals surface area contributed by atoms with Gasteiger partial charge in [-0.1, -0.05) is 11.6 Å². The molecule has 0 aliphatic rings. The molecule has 3 rings (SSSR count). The molecule has 3 aromatic rings. The van der Waals surface area contributed by atoms with Crippen LogP contribution in [0.5, 0.6) is 5.75 Å². The van der Waals surface area contributed by atoms with Gasteiger partial charge in [-0.2, -0.15) is 0 Å². The number of anilines is 1. The summed E-state index contributed by atoms with van der Waals surface area (Å²) in [7, 11) is 0. The van der Waals surface area contributed by atoms with Crippen molar-refractivity contribution in [2.24, 2.45) is 0 Å². The molecule has 1 amide bonds. The van der Waals surface area contributed by atoms with Gasteiger partial charge in [0.2, 0.25) is 0 Å². The standard InChI is InChI=1S/C19H15ClFNO4/c1-10-7-18(23)26-17-9-13(4-5-14(10)17)25-11(2)19(24)22-16-6-3-12(21)8-15(16)20/h3-9,11H,1-2H3,(H,22,24)/t11-/m0/s1. The first-order valence-electron chi connectivity index (χ1n) is 7.80. The van der Waals surface area contributed by atoms with Gasteiger partial charge in [-0.3, -0.25) is 4.79 Å². The molecule has 1 heterocycles. The molecular formula is C19H15ClFNO4. The van der Waals surface area contributed by atoms with Crippen molar-refractivity contribution in [2.45, 2.75) is 20.0 Å². The molecule has 0 aliphatic carbocycles. The van der Waals surface area contributed by atoms with Gasteiger partial charge in [-0.05, 0) is 49.7 Å². The molecule has 1 aromatic heterocycles. The van der Waals surface area contributed by atoms with E-state index in [0.29, 0.717) is 11.3 Å². The van der Waals surface area contributed by atoms with Crippen molar-refractivity contribution in [3.63, 3.8) is 0 Å². The Labute approximate surface area is 153 Å². The summed E-state index contributed by atoms with van der Waals surface area (Å²) < 4.78 is 23.8. The third kappa shape index (κ3) is 3.86. The fourth-order valence-corrected chi connectivity index (χ4v) is 2.68. The lowest BCUT2D eigenvalue weighted by Crippen LogP contribution is -2.30. The maximum atomic E-state index is 13.1. The van der Waals surface area contributed by atoms with E-state index in [-0.39, 0.29) is 10.7 Å². The fourth-order valence-electron chi connectivity index (χ4n) is 2.46. The van der Waals surface area contributed by atoms with Gasteiger partial charge >= 0.3 is 5.63 Å². The molecule has 2 aromatic carbocycles. The van der Waals surface area contributed by atoms with E-state index in [1.54, 1.807) is 25.1 Å². The molecule has 0 bridgehead atoms. The smallest absolute Gasteiger partial charge is 0.336 e. The van der Waals surface area contributed by atoms with Crippen LogP contribution in [0, 0.1) is 12.7 Å². The van der Waals surface area contributed by atoms with Gasteiger partial charge in [-0.15, -0.1) is 0 Å². The molecule has 0 saturated carbocycles. The Balaban J connectivity index is 1.76. The van der Waals surface area contributed by atoms with Crippen molar-refractivity contribution in [1.82, 2.24) is 0 Å². The second-order valence-electron chi connectivity index (χ2n) is 5.78. The zero-order valence-corrected chi connectivity index (χ0v) is 14.8. The lowest BCUT2D eigenvalue weighted by Gasteiger charge is -2.15. The highest BCUT2D eigenvalue weighted by Crippen LogP contribution is 2.25. The lowest BCUT2D eigenvalue weighted by molar-refractivity contribution is -0.122. The molecule has 0 saturated heterocycles. The third-order valence-corrected chi connectivity index (χ3v) is 4.11. The highest BCUT2D eigenvalue weighted by Gasteiger charge is 2.17. The number of nitrogens with one attached hydrogen (secondary N) is 1. The van der Waals surface area contributed by atoms with Gasteiger partial charge in [0.05, 0.1) is 10.7 Å². The monoisotopic (exact) mass is 375 g/mol. The van der Waals surface area contributed by atoms with E-state index in [0.717, 1.165) is 17.0 Å². The Morgan fingerprint density at radius 2 is 2.00 bits per heavy atom. The highest BCUT2D eigenvalue weighted by molar-refractivity contribution is 6.33. The second kappa shape index (κ2) is 7.17. The molecule has 26 heavy (non-hydrogen) atoms. The second-order valence-corrected chi connectivity index (χ2v) is 6.19. The number of carbonyl (C=O) groups is 1. The van der Waals surface area contributed by atoms with Crippen molar-refractivity contribution in [1.29, 1.82) is 0 Å². The van der Waals surface area contributed by atoms with Crippen molar-refractivity contribution in [3.8, 4) is 5.75 Å². The number of benzene rings is 2. The number of hydrogen-bond donors (Lipinski definition) is 1. The Morgan fingerprint density at radius 1 is 1.23 bits per heavy atom. The summed E-state index contributed by atoms with van der Waals surface area (Å²) in [6.45, 7) is 3.37. The van der Waals surface area contributed by atoms with Crippen LogP contribution in [-0.2, 0) is 4.79 Å². The van der Waals surface area contributed by atoms with Gasteiger partial charge in [0, 0.05) is 17.5 Å². The number of rotatable bonds is 4. The topological polar surface area (TPSA) is 68.5 Å². The molecule has 1 atom stereocenters. The van der Waals surface area contributed by atoms with Crippen LogP contribution < -0.4 is 15.7 Å². The Kier molecular flexibility index (Phi) is 4.95. The van der Waals surface area contributed by atoms with Gasteiger partial charge in [0.15, 0.2) is 6.10 Å². The maximum absolute atomic E-state index is 13.1. The first-order valence-corrected chi connectivity index (χ1v) is 8.18. The van der Waals surface area contributed by atoms with Crippen LogP contribution in [0.1, 0.15) is 12.5 Å². The number of ether oxygens (including phenoxy) is 1. The zero-order valence-electron chi connectivity index (χ0n) is 14.0. The van der Waals surface area contributed by atoms with Gasteiger partial charge < -0.3 is 14.5 Å². The van der Waals surface area contributed by atoms with Gasteiger partial charge in [-0.25, -0.2) is 9.18 Å². The fraction of sp³-hybridized carbons (Fsp3) is 0.158. The van der Waals surface area contributed by atoms with Gasteiger partial charge in [0.25, 0.3) is 5.91 Å². The van der Waals surface area contributed by atoms with Crippen molar-refractivity contribution < 1.29 is 18.3 Å². The molecule has 7 heteroatoms. The maximum Gasteiger partial charge on any atom is 0.336 e. The summed E-state index contributed by atoms with van der Waals surface area (Å²) in [5.74, 6) is -0.575. The summed E-state index contributed by atoms with van der Waals surface area (Å²) in [4.78, 5) is 23.8. The van der Waals surface area contributed by atoms with E-state index in [1.165, 1.54) is 18.2 Å². The van der Waals surface area contributed by atoms with E-state index in [1.807, 2.05) is 6.92 Å². The van der Waals surface area contributed by atoms with Crippen LogP contribution in [0.4, 0.5) is 10.1 Å². The number of aryl methyl sites for hydroxylation is 1. The summed E-state index contributed by atoms with van der Waals surface area (Å²) in [5.41, 5.74) is 0.999. The number of halogens is 2. The molecule has 1 N–H and O–H groups in total. The number of amides is 1. The average Bonchev–Trinajstić information content (AvgIpc) is 2.56. The van der Waals surface area contributed by atoms with Crippen molar-refractivity contribution in [3.05, 3.63) is 69.3 Å². The van der Waals surface area contributed by atoms with E-state index in [4.69, 9.17) is 20.8 Å². The van der Waals surface area contributed by atoms with E-state index < -0.39 is 23.5 Å². The highest BCUT2D eigenvalue weighted by atomic mass is 35.5. The van der Waals surface area contributed by atoms with Crippen molar-refractivity contribution in [2.75, 3.05) is 5.32 Å². The summed E-state index contributed by atoms with van der Waals surface area (Å²) in [6, 6.07) is 10.1. The minimum atomic E-state index is -0.856. The summed E-state index contributed by atoms with van der Waals surface area (Å²) in [6.07, 6.45) is -0.856. The van der Waals surface area contributed by atoms with Crippen LogP contribution in [0.3, 0.4) is 0 Å². The van der Waals surface area contributed by atoms with E-state index in [9.17, 15) is 14.0 Å². The predicted molar refractivity (Wildman–Crippen MR) is 97.4 cm³/mol. The zero-order chi connectivity index (χ0) is 18.8. The SMILES string of the molecule is Cc1cc(=O)oc2cc(O[C@@H](C)C(=O)Nc3ccc(F)cc3Cl)ccc12. The van der Waals surface area contributed by atoms with Crippen LogP contribution in [0.25, 0.3) is 11.0 Å². The number of fused-ring (bicyclic) bond motifs is 1. The Bertz CT molecular complexity index is 1050. The summed E-state index contributed by atoms with van der Waals surface area (Å²) in [5, 5.41) is 3.45. The minimum Gasteiger partial charge on any atom is -0.481 e. The number of carbonyl (C=O) groups excluding carboxylic acids is 1. The Hall–Kier alpha value is -2.86. The average molecular weight is 376 g/mol. The normalized spacial score (nSPS) is 12.0. The minimum absolute atomic E-state index is 0.0912. The molecule has 0 spiro atoms. The van der Waals surface area contributed by atoms with Crippen LogP contribution >= 0.6 is 11.6 Å². The van der Waals surface area contributed by atoms with E-state index in [2.05, 4.69) is 5.32 Å².